The van der Waals surface area contributed by atoms with Gasteiger partial charge in [0.1, 0.15) is 0 Å². The number of ether oxygens (including phenoxy) is 1. The number of rotatable bonds is 8. The van der Waals surface area contributed by atoms with Crippen LogP contribution >= 0.6 is 0 Å². The van der Waals surface area contributed by atoms with E-state index in [0.29, 0.717) is 12.0 Å². The monoisotopic (exact) mass is 284 g/mol. The zero-order valence-electron chi connectivity index (χ0n) is 14.3. The van der Waals surface area contributed by atoms with Crippen LogP contribution in [0.4, 0.5) is 0 Å². The highest BCUT2D eigenvalue weighted by atomic mass is 16.5. The van der Waals surface area contributed by atoms with Crippen LogP contribution in [0.25, 0.3) is 0 Å². The van der Waals surface area contributed by atoms with Gasteiger partial charge in [-0.2, -0.15) is 0 Å². The van der Waals surface area contributed by atoms with Crippen LogP contribution in [0.1, 0.15) is 47.0 Å². The summed E-state index contributed by atoms with van der Waals surface area (Å²) in [7, 11) is 1.82. The standard InChI is InChI=1S/C17H36N2O/c1-14(2)11-18-12-17(13-20-5)19-9-6-7-16(8-10-19)15(3)4/h14-18H,6-13H2,1-5H3. The third kappa shape index (κ3) is 6.55. The molecular formula is C17H36N2O. The van der Waals surface area contributed by atoms with E-state index in [1.807, 2.05) is 7.11 Å². The van der Waals surface area contributed by atoms with Gasteiger partial charge in [-0.05, 0) is 56.7 Å². The largest absolute Gasteiger partial charge is 0.383 e. The van der Waals surface area contributed by atoms with Crippen LogP contribution in [0.15, 0.2) is 0 Å². The molecule has 0 aromatic rings. The maximum Gasteiger partial charge on any atom is 0.0630 e. The lowest BCUT2D eigenvalue weighted by molar-refractivity contribution is 0.0896. The second-order valence-electron chi connectivity index (χ2n) is 7.13. The first-order valence-electron chi connectivity index (χ1n) is 8.48. The van der Waals surface area contributed by atoms with E-state index in [4.69, 9.17) is 4.74 Å². The molecule has 1 saturated heterocycles. The second kappa shape index (κ2) is 9.75. The molecule has 0 amide bonds. The van der Waals surface area contributed by atoms with Crippen molar-refractivity contribution in [1.29, 1.82) is 0 Å². The topological polar surface area (TPSA) is 24.5 Å². The average molecular weight is 284 g/mol. The van der Waals surface area contributed by atoms with Gasteiger partial charge in [-0.1, -0.05) is 27.7 Å². The van der Waals surface area contributed by atoms with Crippen LogP contribution in [0.5, 0.6) is 0 Å². The van der Waals surface area contributed by atoms with E-state index in [9.17, 15) is 0 Å². The molecule has 0 aromatic carbocycles. The summed E-state index contributed by atoms with van der Waals surface area (Å²) in [4.78, 5) is 2.65. The van der Waals surface area contributed by atoms with Crippen molar-refractivity contribution < 1.29 is 4.74 Å². The summed E-state index contributed by atoms with van der Waals surface area (Å²) in [5, 5.41) is 3.60. The molecule has 3 heteroatoms. The van der Waals surface area contributed by atoms with Gasteiger partial charge in [0.25, 0.3) is 0 Å². The lowest BCUT2D eigenvalue weighted by atomic mass is 9.89. The van der Waals surface area contributed by atoms with Crippen LogP contribution in [0, 0.1) is 17.8 Å². The van der Waals surface area contributed by atoms with E-state index < -0.39 is 0 Å². The molecule has 0 aromatic heterocycles. The Morgan fingerprint density at radius 3 is 2.45 bits per heavy atom. The number of methoxy groups -OCH3 is 1. The van der Waals surface area contributed by atoms with Gasteiger partial charge < -0.3 is 10.1 Å². The number of hydrogen-bond donors (Lipinski definition) is 1. The van der Waals surface area contributed by atoms with Crippen molar-refractivity contribution in [3.8, 4) is 0 Å². The van der Waals surface area contributed by atoms with Crippen LogP contribution in [0.2, 0.25) is 0 Å². The molecule has 20 heavy (non-hydrogen) atoms. The predicted octanol–water partition coefficient (Wildman–Crippen LogP) is 3.01. The van der Waals surface area contributed by atoms with Gasteiger partial charge in [-0.3, -0.25) is 4.90 Å². The molecule has 1 fully saturated rings. The van der Waals surface area contributed by atoms with Crippen molar-refractivity contribution in [2.75, 3.05) is 39.9 Å². The molecule has 1 aliphatic heterocycles. The maximum absolute atomic E-state index is 5.45. The Morgan fingerprint density at radius 1 is 1.10 bits per heavy atom. The maximum atomic E-state index is 5.45. The molecule has 0 aliphatic carbocycles. The van der Waals surface area contributed by atoms with E-state index in [0.717, 1.165) is 31.5 Å². The van der Waals surface area contributed by atoms with Crippen molar-refractivity contribution in [2.24, 2.45) is 17.8 Å². The molecule has 3 nitrogen and oxygen atoms in total. The van der Waals surface area contributed by atoms with Gasteiger partial charge >= 0.3 is 0 Å². The normalized spacial score (nSPS) is 23.2. The zero-order chi connectivity index (χ0) is 15.0. The first-order valence-corrected chi connectivity index (χ1v) is 8.48. The Balaban J connectivity index is 2.44. The van der Waals surface area contributed by atoms with Crippen molar-refractivity contribution >= 4 is 0 Å². The first-order chi connectivity index (χ1) is 9.54. The Hall–Kier alpha value is -0.120. The molecule has 1 N–H and O–H groups in total. The SMILES string of the molecule is COCC(CNCC(C)C)N1CCCC(C(C)C)CC1. The van der Waals surface area contributed by atoms with Crippen molar-refractivity contribution in [3.05, 3.63) is 0 Å². The minimum atomic E-state index is 0.532. The molecule has 0 spiro atoms. The fourth-order valence-corrected chi connectivity index (χ4v) is 3.20. The molecule has 120 valence electrons. The van der Waals surface area contributed by atoms with Crippen molar-refractivity contribution in [2.45, 2.75) is 53.0 Å². The minimum absolute atomic E-state index is 0.532. The third-order valence-corrected chi connectivity index (χ3v) is 4.56. The zero-order valence-corrected chi connectivity index (χ0v) is 14.3. The average Bonchev–Trinajstić information content (AvgIpc) is 2.63. The highest BCUT2D eigenvalue weighted by Gasteiger charge is 2.24. The second-order valence-corrected chi connectivity index (χ2v) is 7.13. The van der Waals surface area contributed by atoms with Crippen LogP contribution in [0.3, 0.4) is 0 Å². The van der Waals surface area contributed by atoms with Crippen molar-refractivity contribution in [1.82, 2.24) is 10.2 Å². The Labute approximate surface area is 126 Å². The molecular weight excluding hydrogens is 248 g/mol. The fourth-order valence-electron chi connectivity index (χ4n) is 3.20. The Bertz CT molecular complexity index is 243. The summed E-state index contributed by atoms with van der Waals surface area (Å²) in [5.41, 5.74) is 0. The molecule has 0 bridgehead atoms. The van der Waals surface area contributed by atoms with E-state index >= 15 is 0 Å². The number of likely N-dealkylation sites (tertiary alicyclic amines) is 1. The number of hydrogen-bond acceptors (Lipinski definition) is 3. The van der Waals surface area contributed by atoms with Gasteiger partial charge in [0.15, 0.2) is 0 Å². The highest BCUT2D eigenvalue weighted by Crippen LogP contribution is 2.25. The van der Waals surface area contributed by atoms with Crippen LogP contribution in [-0.4, -0.2) is 50.8 Å². The molecule has 0 saturated carbocycles. The van der Waals surface area contributed by atoms with Crippen molar-refractivity contribution in [3.63, 3.8) is 0 Å². The molecule has 1 heterocycles. The molecule has 2 unspecified atom stereocenters. The third-order valence-electron chi connectivity index (χ3n) is 4.56. The number of nitrogens with zero attached hydrogens (tertiary/aromatic N) is 1. The van der Waals surface area contributed by atoms with E-state index in [2.05, 4.69) is 37.9 Å². The molecule has 0 radical (unpaired) electrons. The van der Waals surface area contributed by atoms with Gasteiger partial charge in [-0.15, -0.1) is 0 Å². The van der Waals surface area contributed by atoms with Crippen LogP contribution < -0.4 is 5.32 Å². The summed E-state index contributed by atoms with van der Waals surface area (Å²) in [6, 6.07) is 0.532. The lowest BCUT2D eigenvalue weighted by Crippen LogP contribution is -2.46. The molecule has 1 rings (SSSR count). The van der Waals surface area contributed by atoms with Gasteiger partial charge in [0.2, 0.25) is 0 Å². The van der Waals surface area contributed by atoms with Crippen LogP contribution in [-0.2, 0) is 4.74 Å². The smallest absolute Gasteiger partial charge is 0.0630 e. The number of nitrogens with one attached hydrogen (secondary N) is 1. The summed E-state index contributed by atoms with van der Waals surface area (Å²) >= 11 is 0. The fraction of sp³-hybridized carbons (Fsp3) is 1.00. The molecule has 2 atom stereocenters. The summed E-state index contributed by atoms with van der Waals surface area (Å²) < 4.78 is 5.45. The highest BCUT2D eigenvalue weighted by molar-refractivity contribution is 4.79. The summed E-state index contributed by atoms with van der Waals surface area (Å²) in [6.07, 6.45) is 4.09. The Kier molecular flexibility index (Phi) is 8.74. The van der Waals surface area contributed by atoms with E-state index in [-0.39, 0.29) is 0 Å². The van der Waals surface area contributed by atoms with Gasteiger partial charge in [-0.25, -0.2) is 0 Å². The predicted molar refractivity (Wildman–Crippen MR) is 87.1 cm³/mol. The van der Waals surface area contributed by atoms with E-state index in [1.54, 1.807) is 0 Å². The first kappa shape index (κ1) is 17.9. The summed E-state index contributed by atoms with van der Waals surface area (Å²) in [6.45, 7) is 14.7. The summed E-state index contributed by atoms with van der Waals surface area (Å²) in [5.74, 6) is 2.45. The van der Waals surface area contributed by atoms with E-state index in [1.165, 1.54) is 32.4 Å². The molecule has 1 aliphatic rings. The van der Waals surface area contributed by atoms with Gasteiger partial charge in [0, 0.05) is 19.7 Å². The lowest BCUT2D eigenvalue weighted by Gasteiger charge is -2.31. The minimum Gasteiger partial charge on any atom is -0.383 e. The Morgan fingerprint density at radius 2 is 1.85 bits per heavy atom. The quantitative estimate of drug-likeness (QED) is 0.741. The van der Waals surface area contributed by atoms with Gasteiger partial charge in [0.05, 0.1) is 6.61 Å².